The van der Waals surface area contributed by atoms with E-state index in [0.29, 0.717) is 19.5 Å². The molecule has 0 aliphatic carbocycles. The maximum Gasteiger partial charge on any atom is 0.391 e. The number of hydrogen-bond donors (Lipinski definition) is 0. The SMILES string of the molecule is O=[N+]([O-])c1ccc(N2CCC(C(F)(F)F)CC2)c(CCCN2CCOCC2)c1. The molecule has 0 saturated carbocycles. The quantitative estimate of drug-likeness (QED) is 0.538. The van der Waals surface area contributed by atoms with Gasteiger partial charge < -0.3 is 9.64 Å². The fourth-order valence-electron chi connectivity index (χ4n) is 3.96. The number of nitro benzene ring substituents is 1. The number of piperidine rings is 1. The van der Waals surface area contributed by atoms with Crippen LogP contribution in [0.15, 0.2) is 18.2 Å². The Bertz CT molecular complexity index is 670. The number of benzene rings is 1. The van der Waals surface area contributed by atoms with Crippen molar-refractivity contribution < 1.29 is 22.8 Å². The van der Waals surface area contributed by atoms with Crippen LogP contribution in [0.2, 0.25) is 0 Å². The van der Waals surface area contributed by atoms with Crippen LogP contribution in [0.25, 0.3) is 0 Å². The summed E-state index contributed by atoms with van der Waals surface area (Å²) in [5.41, 5.74) is 1.69. The van der Waals surface area contributed by atoms with E-state index in [1.165, 1.54) is 6.07 Å². The highest BCUT2D eigenvalue weighted by atomic mass is 19.4. The van der Waals surface area contributed by atoms with Gasteiger partial charge in [-0.15, -0.1) is 0 Å². The van der Waals surface area contributed by atoms with Crippen LogP contribution >= 0.6 is 0 Å². The van der Waals surface area contributed by atoms with Crippen molar-refractivity contribution in [2.24, 2.45) is 5.92 Å². The Morgan fingerprint density at radius 2 is 1.82 bits per heavy atom. The minimum absolute atomic E-state index is 0.0234. The van der Waals surface area contributed by atoms with Gasteiger partial charge in [-0.05, 0) is 43.9 Å². The first-order valence-corrected chi connectivity index (χ1v) is 9.73. The van der Waals surface area contributed by atoms with Crippen LogP contribution in [0.4, 0.5) is 24.5 Å². The van der Waals surface area contributed by atoms with E-state index in [1.807, 2.05) is 4.90 Å². The van der Waals surface area contributed by atoms with E-state index in [1.54, 1.807) is 12.1 Å². The molecule has 0 bridgehead atoms. The predicted molar refractivity (Wildman–Crippen MR) is 99.7 cm³/mol. The molecule has 28 heavy (non-hydrogen) atoms. The monoisotopic (exact) mass is 401 g/mol. The third kappa shape index (κ3) is 5.35. The van der Waals surface area contributed by atoms with Crippen LogP contribution in [-0.4, -0.2) is 61.9 Å². The Balaban J connectivity index is 1.67. The van der Waals surface area contributed by atoms with E-state index in [2.05, 4.69) is 4.90 Å². The van der Waals surface area contributed by atoms with Gasteiger partial charge in [0, 0.05) is 44.0 Å². The van der Waals surface area contributed by atoms with Gasteiger partial charge in [-0.1, -0.05) is 0 Å². The lowest BCUT2D eigenvalue weighted by molar-refractivity contribution is -0.384. The van der Waals surface area contributed by atoms with Gasteiger partial charge in [-0.3, -0.25) is 15.0 Å². The maximum atomic E-state index is 12.9. The van der Waals surface area contributed by atoms with Crippen molar-refractivity contribution in [3.8, 4) is 0 Å². The highest BCUT2D eigenvalue weighted by Gasteiger charge is 2.41. The van der Waals surface area contributed by atoms with Crippen molar-refractivity contribution in [3.63, 3.8) is 0 Å². The van der Waals surface area contributed by atoms with Crippen molar-refractivity contribution in [2.45, 2.75) is 31.9 Å². The van der Waals surface area contributed by atoms with Gasteiger partial charge in [0.05, 0.1) is 24.1 Å². The highest BCUT2D eigenvalue weighted by Crippen LogP contribution is 2.36. The Morgan fingerprint density at radius 3 is 2.43 bits per heavy atom. The lowest BCUT2D eigenvalue weighted by Crippen LogP contribution is -2.39. The molecule has 2 heterocycles. The fourth-order valence-corrected chi connectivity index (χ4v) is 3.96. The molecule has 3 rings (SSSR count). The number of rotatable bonds is 6. The Kier molecular flexibility index (Phi) is 6.77. The number of halogens is 3. The van der Waals surface area contributed by atoms with Gasteiger partial charge in [-0.2, -0.15) is 13.2 Å². The zero-order valence-electron chi connectivity index (χ0n) is 15.8. The van der Waals surface area contributed by atoms with E-state index >= 15 is 0 Å². The average molecular weight is 401 g/mol. The van der Waals surface area contributed by atoms with Gasteiger partial charge in [0.25, 0.3) is 5.69 Å². The molecule has 156 valence electrons. The lowest BCUT2D eigenvalue weighted by Gasteiger charge is -2.35. The number of non-ortho nitro benzene ring substituents is 1. The van der Waals surface area contributed by atoms with Crippen LogP contribution in [-0.2, 0) is 11.2 Å². The van der Waals surface area contributed by atoms with E-state index in [0.717, 1.165) is 50.5 Å². The Labute approximate surface area is 162 Å². The number of nitrogens with zero attached hydrogens (tertiary/aromatic N) is 3. The molecule has 0 spiro atoms. The van der Waals surface area contributed by atoms with Crippen LogP contribution in [0, 0.1) is 16.0 Å². The van der Waals surface area contributed by atoms with E-state index in [9.17, 15) is 23.3 Å². The van der Waals surface area contributed by atoms with Gasteiger partial charge in [-0.25, -0.2) is 0 Å². The number of nitro groups is 1. The third-order valence-electron chi connectivity index (χ3n) is 5.60. The first-order chi connectivity index (χ1) is 13.3. The van der Waals surface area contributed by atoms with Crippen LogP contribution in [0.1, 0.15) is 24.8 Å². The summed E-state index contributed by atoms with van der Waals surface area (Å²) in [5, 5.41) is 11.2. The summed E-state index contributed by atoms with van der Waals surface area (Å²) in [6.45, 7) is 4.71. The summed E-state index contributed by atoms with van der Waals surface area (Å²) < 4.78 is 44.1. The van der Waals surface area contributed by atoms with Crippen molar-refractivity contribution in [3.05, 3.63) is 33.9 Å². The second-order valence-corrected chi connectivity index (χ2v) is 7.43. The van der Waals surface area contributed by atoms with Crippen LogP contribution < -0.4 is 4.90 Å². The zero-order valence-corrected chi connectivity index (χ0v) is 15.8. The van der Waals surface area contributed by atoms with Gasteiger partial charge in [0.1, 0.15) is 0 Å². The summed E-state index contributed by atoms with van der Waals surface area (Å²) in [7, 11) is 0. The molecule has 1 aromatic carbocycles. The molecular formula is C19H26F3N3O3. The number of alkyl halides is 3. The number of hydrogen-bond acceptors (Lipinski definition) is 5. The number of aryl methyl sites for hydroxylation is 1. The van der Waals surface area contributed by atoms with Crippen LogP contribution in [0.3, 0.4) is 0 Å². The van der Waals surface area contributed by atoms with Gasteiger partial charge in [0.2, 0.25) is 0 Å². The molecule has 2 saturated heterocycles. The predicted octanol–water partition coefficient (Wildman–Crippen LogP) is 3.64. The number of anilines is 1. The highest BCUT2D eigenvalue weighted by molar-refractivity contribution is 5.58. The first kappa shape index (κ1) is 20.9. The minimum Gasteiger partial charge on any atom is -0.379 e. The van der Waals surface area contributed by atoms with E-state index in [-0.39, 0.29) is 18.5 Å². The van der Waals surface area contributed by atoms with Crippen molar-refractivity contribution in [1.29, 1.82) is 0 Å². The molecule has 2 fully saturated rings. The van der Waals surface area contributed by atoms with E-state index in [4.69, 9.17) is 4.74 Å². The topological polar surface area (TPSA) is 58.9 Å². The summed E-state index contributed by atoms with van der Waals surface area (Å²) in [5.74, 6) is -1.26. The maximum absolute atomic E-state index is 12.9. The molecule has 0 atom stereocenters. The summed E-state index contributed by atoms with van der Waals surface area (Å²) in [6.07, 6.45) is -2.52. The van der Waals surface area contributed by atoms with E-state index < -0.39 is 17.0 Å². The Hall–Kier alpha value is -1.87. The summed E-state index contributed by atoms with van der Waals surface area (Å²) >= 11 is 0. The van der Waals surface area contributed by atoms with Crippen LogP contribution in [0.5, 0.6) is 0 Å². The normalized spacial score (nSPS) is 19.8. The van der Waals surface area contributed by atoms with Crippen molar-refractivity contribution in [1.82, 2.24) is 4.90 Å². The lowest BCUT2D eigenvalue weighted by atomic mass is 9.95. The zero-order chi connectivity index (χ0) is 20.1. The molecule has 0 aromatic heterocycles. The molecule has 0 N–H and O–H groups in total. The second kappa shape index (κ2) is 9.09. The Morgan fingerprint density at radius 1 is 1.14 bits per heavy atom. The molecule has 2 aliphatic rings. The fraction of sp³-hybridized carbons (Fsp3) is 0.684. The molecule has 6 nitrogen and oxygen atoms in total. The molecule has 0 radical (unpaired) electrons. The standard InChI is InChI=1S/C19H26F3N3O3/c20-19(21,22)16-5-8-24(9-6-16)18-4-3-17(25(26)27)14-15(18)2-1-7-23-10-12-28-13-11-23/h3-4,14,16H,1-2,5-13H2. The van der Waals surface area contributed by atoms with Gasteiger partial charge in [0.15, 0.2) is 0 Å². The average Bonchev–Trinajstić information content (AvgIpc) is 2.68. The number of ether oxygens (including phenoxy) is 1. The first-order valence-electron chi connectivity index (χ1n) is 9.73. The van der Waals surface area contributed by atoms with Crippen molar-refractivity contribution in [2.75, 3.05) is 50.8 Å². The summed E-state index contributed by atoms with van der Waals surface area (Å²) in [6, 6.07) is 4.71. The molecule has 0 unspecified atom stereocenters. The van der Waals surface area contributed by atoms with Crippen molar-refractivity contribution >= 4 is 11.4 Å². The molecular weight excluding hydrogens is 375 g/mol. The minimum atomic E-state index is -4.15. The molecule has 1 aromatic rings. The third-order valence-corrected chi connectivity index (χ3v) is 5.60. The molecule has 9 heteroatoms. The summed E-state index contributed by atoms with van der Waals surface area (Å²) in [4.78, 5) is 15.0. The number of morpholine rings is 1. The molecule has 2 aliphatic heterocycles. The second-order valence-electron chi connectivity index (χ2n) is 7.43. The molecule has 0 amide bonds. The largest absolute Gasteiger partial charge is 0.391 e. The van der Waals surface area contributed by atoms with Gasteiger partial charge >= 0.3 is 6.18 Å². The smallest absolute Gasteiger partial charge is 0.379 e.